The second-order valence-corrected chi connectivity index (χ2v) is 7.04. The van der Waals surface area contributed by atoms with Crippen molar-refractivity contribution < 1.29 is 39.7 Å². The minimum atomic E-state index is -5.78. The number of allylic oxidation sites excluding steroid dienone is 1. The van der Waals surface area contributed by atoms with E-state index >= 15 is 0 Å². The van der Waals surface area contributed by atoms with Gasteiger partial charge in [-0.3, -0.25) is 4.79 Å². The molecule has 1 atom stereocenters. The maximum atomic E-state index is 13.8. The Morgan fingerprint density at radius 3 is 2.48 bits per heavy atom. The normalized spacial score (nSPS) is 18.0. The monoisotopic (exact) mass is 382 g/mol. The summed E-state index contributed by atoms with van der Waals surface area (Å²) in [4.78, 5) is 12.1. The van der Waals surface area contributed by atoms with Gasteiger partial charge in [0.2, 0.25) is 0 Å². The molecule has 0 spiro atoms. The van der Waals surface area contributed by atoms with E-state index in [2.05, 4.69) is 4.18 Å². The number of halogens is 4. The summed E-state index contributed by atoms with van der Waals surface area (Å²) in [5, 5.41) is 0. The van der Waals surface area contributed by atoms with Crippen molar-refractivity contribution in [1.82, 2.24) is 0 Å². The van der Waals surface area contributed by atoms with Gasteiger partial charge in [-0.2, -0.15) is 21.6 Å². The Kier molecular flexibility index (Phi) is 5.12. The van der Waals surface area contributed by atoms with Crippen LogP contribution in [0.5, 0.6) is 5.75 Å². The van der Waals surface area contributed by atoms with E-state index in [1.807, 2.05) is 0 Å². The van der Waals surface area contributed by atoms with Crippen molar-refractivity contribution in [3.8, 4) is 5.75 Å². The average molecular weight is 382 g/mol. The Balaban J connectivity index is 2.10. The first-order valence-electron chi connectivity index (χ1n) is 7.11. The molecule has 10 heteroatoms. The van der Waals surface area contributed by atoms with Crippen molar-refractivity contribution >= 4 is 16.1 Å². The van der Waals surface area contributed by atoms with Gasteiger partial charge in [0.25, 0.3) is 0 Å². The number of carbonyl (C=O) groups excluding carboxylic acids is 1. The SMILES string of the molecule is Cc1ccc(OC(=O)C2C=C(OS(=O)(=O)C(F)(F)F)CC2)c(C)c1F. The number of rotatable bonds is 4. The Hall–Kier alpha value is -2.10. The minimum absolute atomic E-state index is 0.0150. The van der Waals surface area contributed by atoms with E-state index in [9.17, 15) is 30.8 Å². The molecule has 25 heavy (non-hydrogen) atoms. The van der Waals surface area contributed by atoms with Crippen LogP contribution >= 0.6 is 0 Å². The van der Waals surface area contributed by atoms with Gasteiger partial charge < -0.3 is 8.92 Å². The third kappa shape index (κ3) is 4.12. The zero-order valence-electron chi connectivity index (χ0n) is 13.2. The fraction of sp³-hybridized carbons (Fsp3) is 0.400. The van der Waals surface area contributed by atoms with Gasteiger partial charge >= 0.3 is 21.6 Å². The summed E-state index contributed by atoms with van der Waals surface area (Å²) in [6.45, 7) is 2.96. The molecule has 0 N–H and O–H groups in total. The van der Waals surface area contributed by atoms with Gasteiger partial charge in [-0.25, -0.2) is 4.39 Å². The molecule has 0 amide bonds. The van der Waals surface area contributed by atoms with Crippen LogP contribution in [0.15, 0.2) is 24.0 Å². The highest BCUT2D eigenvalue weighted by atomic mass is 32.2. The third-order valence-corrected chi connectivity index (χ3v) is 4.63. The molecule has 0 aliphatic heterocycles. The topological polar surface area (TPSA) is 69.7 Å². The molecule has 0 fully saturated rings. The molecule has 0 aromatic heterocycles. The number of esters is 1. The first kappa shape index (κ1) is 19.2. The van der Waals surface area contributed by atoms with E-state index in [0.29, 0.717) is 5.56 Å². The van der Waals surface area contributed by atoms with Crippen molar-refractivity contribution in [3.05, 3.63) is 40.9 Å². The summed E-state index contributed by atoms with van der Waals surface area (Å²) in [6.07, 6.45) is 0.816. The molecule has 1 aromatic rings. The third-order valence-electron chi connectivity index (χ3n) is 3.63. The van der Waals surface area contributed by atoms with Crippen LogP contribution in [0.2, 0.25) is 0 Å². The number of hydrogen-bond acceptors (Lipinski definition) is 5. The largest absolute Gasteiger partial charge is 0.534 e. The number of carbonyl (C=O) groups is 1. The van der Waals surface area contributed by atoms with Gasteiger partial charge in [0.1, 0.15) is 17.3 Å². The van der Waals surface area contributed by atoms with Crippen LogP contribution in [0, 0.1) is 25.6 Å². The van der Waals surface area contributed by atoms with E-state index in [4.69, 9.17) is 4.74 Å². The van der Waals surface area contributed by atoms with Gasteiger partial charge in [-0.1, -0.05) is 6.07 Å². The van der Waals surface area contributed by atoms with Crippen LogP contribution in [-0.2, 0) is 19.1 Å². The minimum Gasteiger partial charge on any atom is -0.426 e. The molecule has 1 aromatic carbocycles. The summed E-state index contributed by atoms with van der Waals surface area (Å²) in [7, 11) is -5.78. The van der Waals surface area contributed by atoms with E-state index < -0.39 is 39.1 Å². The lowest BCUT2D eigenvalue weighted by Gasteiger charge is -2.11. The predicted molar refractivity (Wildman–Crippen MR) is 78.4 cm³/mol. The molecule has 138 valence electrons. The molecular weight excluding hydrogens is 368 g/mol. The van der Waals surface area contributed by atoms with Crippen LogP contribution < -0.4 is 4.74 Å². The first-order chi connectivity index (χ1) is 11.4. The number of hydrogen-bond donors (Lipinski definition) is 0. The quantitative estimate of drug-likeness (QED) is 0.262. The van der Waals surface area contributed by atoms with Crippen LogP contribution in [0.4, 0.5) is 17.6 Å². The Morgan fingerprint density at radius 1 is 1.24 bits per heavy atom. The van der Waals surface area contributed by atoms with Crippen LogP contribution in [-0.4, -0.2) is 19.9 Å². The molecule has 2 rings (SSSR count). The van der Waals surface area contributed by atoms with E-state index in [1.54, 1.807) is 6.92 Å². The lowest BCUT2D eigenvalue weighted by Crippen LogP contribution is -2.25. The maximum absolute atomic E-state index is 13.8. The van der Waals surface area contributed by atoms with Crippen LogP contribution in [0.1, 0.15) is 24.0 Å². The molecule has 0 saturated carbocycles. The molecular formula is C15H14F4O5S. The fourth-order valence-electron chi connectivity index (χ4n) is 2.23. The van der Waals surface area contributed by atoms with Crippen molar-refractivity contribution in [3.63, 3.8) is 0 Å². The van der Waals surface area contributed by atoms with E-state index in [0.717, 1.165) is 6.08 Å². The number of aryl methyl sites for hydroxylation is 1. The van der Waals surface area contributed by atoms with Gasteiger partial charge in [0.15, 0.2) is 0 Å². The average Bonchev–Trinajstić information content (AvgIpc) is 2.94. The maximum Gasteiger partial charge on any atom is 0.534 e. The van der Waals surface area contributed by atoms with Gasteiger partial charge in [0, 0.05) is 12.0 Å². The highest BCUT2D eigenvalue weighted by Crippen LogP contribution is 2.33. The summed E-state index contributed by atoms with van der Waals surface area (Å²) >= 11 is 0. The Labute approximate surface area is 141 Å². The lowest BCUT2D eigenvalue weighted by molar-refractivity contribution is -0.137. The zero-order valence-corrected chi connectivity index (χ0v) is 14.0. The smallest absolute Gasteiger partial charge is 0.426 e. The molecule has 1 aliphatic carbocycles. The van der Waals surface area contributed by atoms with Crippen molar-refractivity contribution in [2.24, 2.45) is 5.92 Å². The molecule has 1 unspecified atom stereocenters. The summed E-state index contributed by atoms with van der Waals surface area (Å²) in [6, 6.07) is 2.82. The molecule has 0 heterocycles. The molecule has 0 bridgehead atoms. The molecule has 5 nitrogen and oxygen atoms in total. The number of ether oxygens (including phenoxy) is 1. The lowest BCUT2D eigenvalue weighted by atomic mass is 10.1. The fourth-order valence-corrected chi connectivity index (χ4v) is 2.74. The van der Waals surface area contributed by atoms with E-state index in [1.165, 1.54) is 19.1 Å². The molecule has 0 radical (unpaired) electrons. The first-order valence-corrected chi connectivity index (χ1v) is 8.52. The van der Waals surface area contributed by atoms with Crippen molar-refractivity contribution in [1.29, 1.82) is 0 Å². The molecule has 1 aliphatic rings. The van der Waals surface area contributed by atoms with Gasteiger partial charge in [-0.05, 0) is 38.0 Å². The standard InChI is InChI=1S/C15H14F4O5S/c1-8-3-6-12(9(2)13(8)16)23-14(20)10-4-5-11(7-10)24-25(21,22)15(17,18)19/h3,6-7,10H,4-5H2,1-2H3. The van der Waals surface area contributed by atoms with E-state index in [-0.39, 0.29) is 24.2 Å². The second-order valence-electron chi connectivity index (χ2n) is 5.50. The highest BCUT2D eigenvalue weighted by molar-refractivity contribution is 7.87. The predicted octanol–water partition coefficient (Wildman–Crippen LogP) is 3.51. The van der Waals surface area contributed by atoms with Gasteiger partial charge in [-0.15, -0.1) is 0 Å². The highest BCUT2D eigenvalue weighted by Gasteiger charge is 2.49. The van der Waals surface area contributed by atoms with Gasteiger partial charge in [0.05, 0.1) is 5.92 Å². The Morgan fingerprint density at radius 2 is 1.88 bits per heavy atom. The van der Waals surface area contributed by atoms with Crippen LogP contribution in [0.3, 0.4) is 0 Å². The van der Waals surface area contributed by atoms with Crippen LogP contribution in [0.25, 0.3) is 0 Å². The second kappa shape index (κ2) is 6.66. The number of alkyl halides is 3. The summed E-state index contributed by atoms with van der Waals surface area (Å²) in [5.41, 5.74) is -5.07. The molecule has 0 saturated heterocycles. The van der Waals surface area contributed by atoms with Crippen molar-refractivity contribution in [2.75, 3.05) is 0 Å². The number of benzene rings is 1. The zero-order chi connectivity index (χ0) is 19.0. The summed E-state index contributed by atoms with van der Waals surface area (Å²) < 4.78 is 81.6. The Bertz CT molecular complexity index is 827. The summed E-state index contributed by atoms with van der Waals surface area (Å²) in [5.74, 6) is -2.85. The van der Waals surface area contributed by atoms with Crippen molar-refractivity contribution in [2.45, 2.75) is 32.2 Å².